The van der Waals surface area contributed by atoms with Gasteiger partial charge in [0.25, 0.3) is 0 Å². The number of ether oxygens (including phenoxy) is 2. The van der Waals surface area contributed by atoms with Crippen LogP contribution in [-0.4, -0.2) is 72.4 Å². The number of morpholine rings is 1. The molecular formula is C26H32N4O4S. The predicted molar refractivity (Wildman–Crippen MR) is 138 cm³/mol. The summed E-state index contributed by atoms with van der Waals surface area (Å²) in [6.07, 6.45) is 8.70. The third-order valence-corrected chi connectivity index (χ3v) is 6.67. The summed E-state index contributed by atoms with van der Waals surface area (Å²) in [6, 6.07) is 7.65. The van der Waals surface area contributed by atoms with Crippen molar-refractivity contribution >= 4 is 34.9 Å². The maximum atomic E-state index is 13.2. The molecule has 186 valence electrons. The summed E-state index contributed by atoms with van der Waals surface area (Å²) in [5.41, 5.74) is 2.75. The van der Waals surface area contributed by atoms with Crippen LogP contribution in [0.3, 0.4) is 0 Å². The highest BCUT2D eigenvalue weighted by Gasteiger charge is 2.35. The molecule has 1 aliphatic carbocycles. The second-order valence-corrected chi connectivity index (χ2v) is 9.12. The number of amides is 2. The van der Waals surface area contributed by atoms with Crippen LogP contribution in [0, 0.1) is 5.92 Å². The fraction of sp³-hybridized carbons (Fsp3) is 0.462. The van der Waals surface area contributed by atoms with Gasteiger partial charge in [-0.1, -0.05) is 18.6 Å². The Hall–Kier alpha value is -3.04. The number of methoxy groups -OCH3 is 1. The lowest BCUT2D eigenvalue weighted by Gasteiger charge is -2.35. The number of rotatable bonds is 10. The molecular weight excluding hydrogens is 464 g/mol. The molecule has 1 saturated heterocycles. The summed E-state index contributed by atoms with van der Waals surface area (Å²) < 4.78 is 10.6. The van der Waals surface area contributed by atoms with E-state index < -0.39 is 5.92 Å². The highest BCUT2D eigenvalue weighted by atomic mass is 32.1. The molecule has 4 rings (SSSR count). The van der Waals surface area contributed by atoms with Crippen molar-refractivity contribution in [1.82, 2.24) is 15.1 Å². The Bertz CT molecular complexity index is 1050. The van der Waals surface area contributed by atoms with Crippen molar-refractivity contribution in [3.63, 3.8) is 0 Å². The second kappa shape index (κ2) is 12.1. The number of aliphatic imine (C=N–C) groups is 1. The Morgan fingerprint density at radius 2 is 2.06 bits per heavy atom. The number of benzene rings is 1. The number of fused-ring (bicyclic) bond motifs is 1. The number of nitrogens with one attached hydrogen (secondary N) is 1. The summed E-state index contributed by atoms with van der Waals surface area (Å²) in [6.45, 7) is 4.01. The minimum atomic E-state index is -0.396. The van der Waals surface area contributed by atoms with Gasteiger partial charge in [-0.15, -0.1) is 0 Å². The molecule has 9 heteroatoms. The molecule has 0 aromatic heterocycles. The Labute approximate surface area is 211 Å². The van der Waals surface area contributed by atoms with Crippen molar-refractivity contribution in [2.45, 2.75) is 32.2 Å². The van der Waals surface area contributed by atoms with Gasteiger partial charge < -0.3 is 19.7 Å². The standard InChI is InChI=1S/C26H32N4O4S/c1-33-21-7-5-6-19(16-21)18-27-24(31)8-3-2-4-11-30-25(32)22-17-20(29-12-14-34-15-13-29)9-10-23(22)28-26(30)35/h5-7,9-10,16-17,22H,2-4,8,11-15,18H2,1H3,(H,27,31). The van der Waals surface area contributed by atoms with Gasteiger partial charge in [-0.3, -0.25) is 14.5 Å². The minimum Gasteiger partial charge on any atom is -0.497 e. The van der Waals surface area contributed by atoms with Gasteiger partial charge in [-0.25, -0.2) is 4.99 Å². The fourth-order valence-electron chi connectivity index (χ4n) is 4.37. The van der Waals surface area contributed by atoms with Crippen molar-refractivity contribution in [2.75, 3.05) is 40.0 Å². The van der Waals surface area contributed by atoms with Gasteiger partial charge in [-0.2, -0.15) is 0 Å². The number of carbonyl (C=O) groups excluding carboxylic acids is 2. The molecule has 1 atom stereocenters. The average molecular weight is 497 g/mol. The Balaban J connectivity index is 1.20. The number of hydrogen-bond donors (Lipinski definition) is 1. The quantitative estimate of drug-likeness (QED) is 0.396. The van der Waals surface area contributed by atoms with Crippen LogP contribution in [0.2, 0.25) is 0 Å². The molecule has 2 aliphatic heterocycles. The maximum Gasteiger partial charge on any atom is 0.241 e. The molecule has 8 nitrogen and oxygen atoms in total. The Morgan fingerprint density at radius 1 is 1.23 bits per heavy atom. The van der Waals surface area contributed by atoms with Crippen LogP contribution in [0.1, 0.15) is 31.2 Å². The highest BCUT2D eigenvalue weighted by Crippen LogP contribution is 2.25. The number of hydrogen-bond acceptors (Lipinski definition) is 6. The molecule has 1 N–H and O–H groups in total. The molecule has 1 aromatic carbocycles. The van der Waals surface area contributed by atoms with Crippen LogP contribution in [0.4, 0.5) is 0 Å². The third kappa shape index (κ3) is 6.55. The first-order valence-electron chi connectivity index (χ1n) is 12.1. The summed E-state index contributed by atoms with van der Waals surface area (Å²) in [5.74, 6) is 0.370. The van der Waals surface area contributed by atoms with Gasteiger partial charge in [0, 0.05) is 38.3 Å². The molecule has 0 spiro atoms. The van der Waals surface area contributed by atoms with Crippen LogP contribution >= 0.6 is 12.2 Å². The SMILES string of the molecule is COc1cccc(CNC(=O)CCCCCN2C(=O)C3C=C(N4CCOCC4)C=CC3=NC2=S)c1. The van der Waals surface area contributed by atoms with Crippen molar-refractivity contribution in [3.8, 4) is 5.75 Å². The number of unbranched alkanes of at least 4 members (excludes halogenated alkanes) is 2. The zero-order chi connectivity index (χ0) is 24.6. The van der Waals surface area contributed by atoms with Crippen molar-refractivity contribution in [3.05, 3.63) is 53.8 Å². The van der Waals surface area contributed by atoms with Crippen LogP contribution in [0.5, 0.6) is 5.75 Å². The molecule has 0 radical (unpaired) electrons. The monoisotopic (exact) mass is 496 g/mol. The third-order valence-electron chi connectivity index (χ3n) is 6.35. The topological polar surface area (TPSA) is 83.5 Å². The van der Waals surface area contributed by atoms with Gasteiger partial charge in [-0.05, 0) is 61.0 Å². The van der Waals surface area contributed by atoms with E-state index in [2.05, 4.69) is 15.2 Å². The summed E-state index contributed by atoms with van der Waals surface area (Å²) in [7, 11) is 1.62. The largest absolute Gasteiger partial charge is 0.497 e. The number of nitrogens with zero attached hydrogens (tertiary/aromatic N) is 3. The number of carbonyl (C=O) groups is 2. The molecule has 3 aliphatic rings. The predicted octanol–water partition coefficient (Wildman–Crippen LogP) is 2.84. The molecule has 1 unspecified atom stereocenters. The van der Waals surface area contributed by atoms with Gasteiger partial charge in [0.2, 0.25) is 16.9 Å². The molecule has 0 bridgehead atoms. The second-order valence-electron chi connectivity index (χ2n) is 8.75. The van der Waals surface area contributed by atoms with Crippen LogP contribution in [0.25, 0.3) is 0 Å². The Morgan fingerprint density at radius 3 is 2.86 bits per heavy atom. The van der Waals surface area contributed by atoms with E-state index in [-0.39, 0.29) is 11.8 Å². The molecule has 0 saturated carbocycles. The fourth-order valence-corrected chi connectivity index (χ4v) is 4.65. The van der Waals surface area contributed by atoms with Crippen molar-refractivity contribution in [2.24, 2.45) is 10.9 Å². The normalized spacial score (nSPS) is 19.7. The van der Waals surface area contributed by atoms with E-state index in [0.717, 1.165) is 49.4 Å². The van der Waals surface area contributed by atoms with E-state index in [1.165, 1.54) is 0 Å². The van der Waals surface area contributed by atoms with Crippen LogP contribution < -0.4 is 10.1 Å². The van der Waals surface area contributed by atoms with Gasteiger partial charge in [0.15, 0.2) is 0 Å². The molecule has 1 fully saturated rings. The zero-order valence-electron chi connectivity index (χ0n) is 20.1. The summed E-state index contributed by atoms with van der Waals surface area (Å²) >= 11 is 5.41. The zero-order valence-corrected chi connectivity index (χ0v) is 20.9. The number of thiocarbonyl (C=S) groups is 1. The van der Waals surface area contributed by atoms with E-state index in [4.69, 9.17) is 21.7 Å². The average Bonchev–Trinajstić information content (AvgIpc) is 2.89. The lowest BCUT2D eigenvalue weighted by molar-refractivity contribution is -0.128. The lowest BCUT2D eigenvalue weighted by Crippen LogP contribution is -2.47. The maximum absolute atomic E-state index is 13.2. The summed E-state index contributed by atoms with van der Waals surface area (Å²) in [5, 5.41) is 3.27. The van der Waals surface area contributed by atoms with Gasteiger partial charge in [0.1, 0.15) is 11.7 Å². The van der Waals surface area contributed by atoms with Crippen molar-refractivity contribution < 1.29 is 19.1 Å². The highest BCUT2D eigenvalue weighted by molar-refractivity contribution is 7.80. The lowest BCUT2D eigenvalue weighted by atomic mass is 9.93. The van der Waals surface area contributed by atoms with Gasteiger partial charge in [0.05, 0.1) is 26.0 Å². The minimum absolute atomic E-state index is 0.0152. The van der Waals surface area contributed by atoms with E-state index in [1.807, 2.05) is 42.5 Å². The first-order valence-corrected chi connectivity index (χ1v) is 12.5. The smallest absolute Gasteiger partial charge is 0.241 e. The van der Waals surface area contributed by atoms with Crippen LogP contribution in [-0.2, 0) is 20.9 Å². The molecule has 35 heavy (non-hydrogen) atoms. The van der Waals surface area contributed by atoms with Crippen LogP contribution in [0.15, 0.2) is 53.2 Å². The molecule has 2 amide bonds. The van der Waals surface area contributed by atoms with Gasteiger partial charge >= 0.3 is 0 Å². The summed E-state index contributed by atoms with van der Waals surface area (Å²) in [4.78, 5) is 33.7. The van der Waals surface area contributed by atoms with E-state index >= 15 is 0 Å². The van der Waals surface area contributed by atoms with Crippen molar-refractivity contribution in [1.29, 1.82) is 0 Å². The first-order chi connectivity index (χ1) is 17.0. The number of allylic oxidation sites excluding steroid dienone is 2. The first kappa shape index (κ1) is 25.1. The van der Waals surface area contributed by atoms with E-state index in [9.17, 15) is 9.59 Å². The molecule has 1 aromatic rings. The van der Waals surface area contributed by atoms with E-state index in [0.29, 0.717) is 43.5 Å². The van der Waals surface area contributed by atoms with E-state index in [1.54, 1.807) is 12.0 Å². The Kier molecular flexibility index (Phi) is 8.65. The molecule has 2 heterocycles.